The number of anilines is 1. The quantitative estimate of drug-likeness (QED) is 0.814. The molecule has 102 valence electrons. The molecule has 0 fully saturated rings. The van der Waals surface area contributed by atoms with Gasteiger partial charge in [-0.15, -0.1) is 0 Å². The molecule has 0 radical (unpaired) electrons. The molecular weight excluding hydrogens is 238 g/mol. The monoisotopic (exact) mass is 259 g/mol. The van der Waals surface area contributed by atoms with E-state index in [1.165, 1.54) is 5.56 Å². The Morgan fingerprint density at radius 1 is 1.47 bits per heavy atom. The summed E-state index contributed by atoms with van der Waals surface area (Å²) >= 11 is 0. The van der Waals surface area contributed by atoms with Crippen LogP contribution in [0.3, 0.4) is 0 Å². The minimum Gasteiger partial charge on any atom is -0.383 e. The van der Waals surface area contributed by atoms with Gasteiger partial charge in [0.15, 0.2) is 0 Å². The van der Waals surface area contributed by atoms with Gasteiger partial charge in [-0.2, -0.15) is 5.26 Å². The Morgan fingerprint density at radius 2 is 2.26 bits per heavy atom. The lowest BCUT2D eigenvalue weighted by Gasteiger charge is -2.28. The smallest absolute Gasteiger partial charge is 0.147 e. The first kappa shape index (κ1) is 13.8. The summed E-state index contributed by atoms with van der Waals surface area (Å²) in [6, 6.07) is 4.61. The number of pyridine rings is 1. The highest BCUT2D eigenvalue weighted by atomic mass is 16.5. The third kappa shape index (κ3) is 2.87. The maximum absolute atomic E-state index is 9.36. The Labute approximate surface area is 115 Å². The highest BCUT2D eigenvalue weighted by Gasteiger charge is 2.21. The van der Waals surface area contributed by atoms with E-state index >= 15 is 0 Å². The van der Waals surface area contributed by atoms with Crippen molar-refractivity contribution in [2.75, 3.05) is 25.2 Å². The average molecular weight is 259 g/mol. The number of hydrogen-bond acceptors (Lipinski definition) is 4. The molecule has 1 aromatic heterocycles. The first-order valence-corrected chi connectivity index (χ1v) is 6.85. The second-order valence-electron chi connectivity index (χ2n) is 5.21. The SMILES string of the molecule is COCCN(c1nc2c(cc1C#N)CCC2)C(C)C. The zero-order valence-corrected chi connectivity index (χ0v) is 11.9. The molecule has 0 aromatic carbocycles. The molecule has 0 atom stereocenters. The van der Waals surface area contributed by atoms with Crippen LogP contribution in [0.25, 0.3) is 0 Å². The number of nitriles is 1. The van der Waals surface area contributed by atoms with E-state index in [0.29, 0.717) is 18.2 Å². The van der Waals surface area contributed by atoms with Crippen molar-refractivity contribution >= 4 is 5.82 Å². The van der Waals surface area contributed by atoms with Crippen LogP contribution in [0.2, 0.25) is 0 Å². The van der Waals surface area contributed by atoms with Crippen molar-refractivity contribution in [2.45, 2.75) is 39.2 Å². The number of methoxy groups -OCH3 is 1. The van der Waals surface area contributed by atoms with Crippen molar-refractivity contribution in [3.8, 4) is 6.07 Å². The normalized spacial score (nSPS) is 13.4. The van der Waals surface area contributed by atoms with Gasteiger partial charge in [0.05, 0.1) is 12.2 Å². The van der Waals surface area contributed by atoms with E-state index < -0.39 is 0 Å². The minimum atomic E-state index is 0.300. The number of ether oxygens (including phenoxy) is 1. The lowest BCUT2D eigenvalue weighted by molar-refractivity contribution is 0.203. The Bertz CT molecular complexity index is 491. The van der Waals surface area contributed by atoms with Crippen LogP contribution in [0.1, 0.15) is 37.1 Å². The summed E-state index contributed by atoms with van der Waals surface area (Å²) in [5, 5.41) is 9.36. The molecule has 0 spiro atoms. The van der Waals surface area contributed by atoms with E-state index in [1.54, 1.807) is 7.11 Å². The lowest BCUT2D eigenvalue weighted by atomic mass is 10.1. The summed E-state index contributed by atoms with van der Waals surface area (Å²) in [4.78, 5) is 6.90. The predicted octanol–water partition coefficient (Wildman–Crippen LogP) is 2.30. The summed E-state index contributed by atoms with van der Waals surface area (Å²) < 4.78 is 5.16. The summed E-state index contributed by atoms with van der Waals surface area (Å²) in [6.45, 7) is 5.63. The van der Waals surface area contributed by atoms with Gasteiger partial charge >= 0.3 is 0 Å². The van der Waals surface area contributed by atoms with Gasteiger partial charge in [-0.3, -0.25) is 0 Å². The summed E-state index contributed by atoms with van der Waals surface area (Å²) in [5.74, 6) is 0.815. The van der Waals surface area contributed by atoms with E-state index in [-0.39, 0.29) is 0 Å². The van der Waals surface area contributed by atoms with E-state index in [2.05, 4.69) is 24.8 Å². The van der Waals surface area contributed by atoms with Gasteiger partial charge in [0.2, 0.25) is 0 Å². The molecule has 0 aliphatic heterocycles. The van der Waals surface area contributed by atoms with Crippen molar-refractivity contribution in [3.63, 3.8) is 0 Å². The zero-order chi connectivity index (χ0) is 13.8. The van der Waals surface area contributed by atoms with Gasteiger partial charge in [0, 0.05) is 25.4 Å². The molecule has 19 heavy (non-hydrogen) atoms. The van der Waals surface area contributed by atoms with Gasteiger partial charge in [0.1, 0.15) is 11.9 Å². The average Bonchev–Trinajstić information content (AvgIpc) is 2.84. The molecular formula is C15H21N3O. The maximum Gasteiger partial charge on any atom is 0.147 e. The Kier molecular flexibility index (Phi) is 4.39. The molecule has 0 N–H and O–H groups in total. The van der Waals surface area contributed by atoms with Crippen LogP contribution in [-0.2, 0) is 17.6 Å². The van der Waals surface area contributed by atoms with Crippen LogP contribution in [0.15, 0.2) is 6.07 Å². The van der Waals surface area contributed by atoms with Crippen LogP contribution in [0.4, 0.5) is 5.82 Å². The van der Waals surface area contributed by atoms with Crippen LogP contribution >= 0.6 is 0 Å². The standard InChI is InChI=1S/C15H21N3O/c1-11(2)18(7-8-19-3)15-13(10-16)9-12-5-4-6-14(12)17-15/h9,11H,4-8H2,1-3H3. The third-order valence-electron chi connectivity index (χ3n) is 3.58. The highest BCUT2D eigenvalue weighted by molar-refractivity contribution is 5.57. The molecule has 0 amide bonds. The Balaban J connectivity index is 2.38. The second-order valence-corrected chi connectivity index (χ2v) is 5.21. The van der Waals surface area contributed by atoms with Crippen LogP contribution in [-0.4, -0.2) is 31.3 Å². The lowest BCUT2D eigenvalue weighted by Crippen LogP contribution is -2.35. The molecule has 2 rings (SSSR count). The van der Waals surface area contributed by atoms with E-state index in [1.807, 2.05) is 6.07 Å². The fourth-order valence-corrected chi connectivity index (χ4v) is 2.56. The zero-order valence-electron chi connectivity index (χ0n) is 11.9. The first-order chi connectivity index (χ1) is 9.17. The van der Waals surface area contributed by atoms with Crippen molar-refractivity contribution in [1.82, 2.24) is 4.98 Å². The van der Waals surface area contributed by atoms with E-state index in [0.717, 1.165) is 37.3 Å². The molecule has 0 saturated carbocycles. The largest absolute Gasteiger partial charge is 0.383 e. The van der Waals surface area contributed by atoms with Gasteiger partial charge in [0.25, 0.3) is 0 Å². The minimum absolute atomic E-state index is 0.300. The predicted molar refractivity (Wildman–Crippen MR) is 75.3 cm³/mol. The third-order valence-corrected chi connectivity index (χ3v) is 3.58. The van der Waals surface area contributed by atoms with Gasteiger partial charge in [-0.05, 0) is 44.7 Å². The molecule has 1 aromatic rings. The molecule has 0 saturated heterocycles. The Morgan fingerprint density at radius 3 is 2.89 bits per heavy atom. The number of nitrogens with zero attached hydrogens (tertiary/aromatic N) is 3. The van der Waals surface area contributed by atoms with Crippen molar-refractivity contribution in [1.29, 1.82) is 5.26 Å². The van der Waals surface area contributed by atoms with Crippen LogP contribution in [0, 0.1) is 11.3 Å². The van der Waals surface area contributed by atoms with Crippen molar-refractivity contribution in [2.24, 2.45) is 0 Å². The highest BCUT2D eigenvalue weighted by Crippen LogP contribution is 2.27. The molecule has 1 aliphatic carbocycles. The molecule has 0 bridgehead atoms. The molecule has 4 heteroatoms. The summed E-state index contributed by atoms with van der Waals surface area (Å²) in [5.41, 5.74) is 3.10. The maximum atomic E-state index is 9.36. The van der Waals surface area contributed by atoms with Gasteiger partial charge < -0.3 is 9.64 Å². The molecule has 1 aliphatic rings. The molecule has 0 unspecified atom stereocenters. The van der Waals surface area contributed by atoms with Crippen molar-refractivity contribution in [3.05, 3.63) is 22.9 Å². The summed E-state index contributed by atoms with van der Waals surface area (Å²) in [6.07, 6.45) is 3.23. The summed E-state index contributed by atoms with van der Waals surface area (Å²) in [7, 11) is 1.69. The van der Waals surface area contributed by atoms with E-state index in [9.17, 15) is 5.26 Å². The first-order valence-electron chi connectivity index (χ1n) is 6.85. The fraction of sp³-hybridized carbons (Fsp3) is 0.600. The fourth-order valence-electron chi connectivity index (χ4n) is 2.56. The van der Waals surface area contributed by atoms with Crippen molar-refractivity contribution < 1.29 is 4.74 Å². The van der Waals surface area contributed by atoms with Crippen LogP contribution in [0.5, 0.6) is 0 Å². The Hall–Kier alpha value is -1.60. The number of aryl methyl sites for hydroxylation is 2. The number of rotatable bonds is 5. The van der Waals surface area contributed by atoms with E-state index in [4.69, 9.17) is 9.72 Å². The molecule has 4 nitrogen and oxygen atoms in total. The molecule has 1 heterocycles. The van der Waals surface area contributed by atoms with Gasteiger partial charge in [-0.1, -0.05) is 0 Å². The number of aromatic nitrogens is 1. The topological polar surface area (TPSA) is 49.1 Å². The van der Waals surface area contributed by atoms with Gasteiger partial charge in [-0.25, -0.2) is 4.98 Å². The second kappa shape index (κ2) is 6.03. The number of fused-ring (bicyclic) bond motifs is 1. The number of hydrogen-bond donors (Lipinski definition) is 0. The van der Waals surface area contributed by atoms with Crippen LogP contribution < -0.4 is 4.90 Å².